The predicted octanol–water partition coefficient (Wildman–Crippen LogP) is 2.66. The summed E-state index contributed by atoms with van der Waals surface area (Å²) in [6, 6.07) is 9.65. The minimum atomic E-state index is -0.224. The summed E-state index contributed by atoms with van der Waals surface area (Å²) in [5.41, 5.74) is 2.30. The van der Waals surface area contributed by atoms with Crippen molar-refractivity contribution in [2.75, 3.05) is 26.0 Å². The van der Waals surface area contributed by atoms with E-state index < -0.39 is 0 Å². The Kier molecular flexibility index (Phi) is 5.04. The number of nitrogens with zero attached hydrogens (tertiary/aromatic N) is 2. The summed E-state index contributed by atoms with van der Waals surface area (Å²) in [4.78, 5) is 30.5. The second-order valence-electron chi connectivity index (χ2n) is 5.88. The number of hydrogen-bond acceptors (Lipinski definition) is 5. The van der Waals surface area contributed by atoms with Gasteiger partial charge in [0.1, 0.15) is 0 Å². The zero-order valence-corrected chi connectivity index (χ0v) is 14.6. The molecule has 5 nitrogen and oxygen atoms in total. The average molecular weight is 344 g/mol. The lowest BCUT2D eigenvalue weighted by Gasteiger charge is -2.17. The highest BCUT2D eigenvalue weighted by Gasteiger charge is 2.28. The molecule has 3 rings (SSSR count). The van der Waals surface area contributed by atoms with Crippen LogP contribution in [0.2, 0.25) is 0 Å². The number of likely N-dealkylation sites (tertiary alicyclic amines) is 1. The van der Waals surface area contributed by atoms with Crippen molar-refractivity contribution in [1.82, 2.24) is 9.88 Å². The minimum Gasteiger partial charge on any atom is -0.468 e. The summed E-state index contributed by atoms with van der Waals surface area (Å²) in [7, 11) is 1.39. The van der Waals surface area contributed by atoms with Gasteiger partial charge in [0.25, 0.3) is 5.91 Å². The first-order valence-electron chi connectivity index (χ1n) is 7.92. The van der Waals surface area contributed by atoms with Crippen LogP contribution in [0.25, 0.3) is 10.9 Å². The van der Waals surface area contributed by atoms with Crippen molar-refractivity contribution in [3.05, 3.63) is 41.6 Å². The number of methoxy groups -OCH3 is 1. The van der Waals surface area contributed by atoms with E-state index in [9.17, 15) is 9.59 Å². The Morgan fingerprint density at radius 2 is 2.17 bits per heavy atom. The number of aromatic nitrogens is 1. The number of ether oxygens (including phenoxy) is 1. The average Bonchev–Trinajstić information content (AvgIpc) is 3.07. The molecular weight excluding hydrogens is 324 g/mol. The third-order valence-electron chi connectivity index (χ3n) is 4.19. The van der Waals surface area contributed by atoms with E-state index in [1.54, 1.807) is 11.8 Å². The molecule has 126 valence electrons. The van der Waals surface area contributed by atoms with E-state index >= 15 is 0 Å². The Morgan fingerprint density at radius 3 is 2.96 bits per heavy atom. The highest BCUT2D eigenvalue weighted by Crippen LogP contribution is 2.26. The van der Waals surface area contributed by atoms with Crippen molar-refractivity contribution in [3.63, 3.8) is 0 Å². The molecule has 2 heterocycles. The van der Waals surface area contributed by atoms with Crippen molar-refractivity contribution in [1.29, 1.82) is 0 Å². The summed E-state index contributed by atoms with van der Waals surface area (Å²) in [6.07, 6.45) is 0.893. The number of carbonyl (C=O) groups excluding carboxylic acids is 2. The highest BCUT2D eigenvalue weighted by molar-refractivity contribution is 8.00. The summed E-state index contributed by atoms with van der Waals surface area (Å²) in [5, 5.41) is 1.25. The fraction of sp³-hybridized carbons (Fsp3) is 0.389. The van der Waals surface area contributed by atoms with E-state index in [0.717, 1.165) is 23.0 Å². The number of aryl methyl sites for hydroxylation is 1. The molecule has 0 N–H and O–H groups in total. The monoisotopic (exact) mass is 344 g/mol. The van der Waals surface area contributed by atoms with E-state index in [0.29, 0.717) is 24.4 Å². The van der Waals surface area contributed by atoms with Gasteiger partial charge in [0.2, 0.25) is 0 Å². The quantitative estimate of drug-likeness (QED) is 0.798. The SMILES string of the molecule is COC(=O)CSC1CCN(C(=O)c2cccc3ccc(C)nc23)C1. The number of amides is 1. The first kappa shape index (κ1) is 16.8. The molecule has 1 unspecified atom stereocenters. The highest BCUT2D eigenvalue weighted by atomic mass is 32.2. The number of thioether (sulfide) groups is 1. The lowest BCUT2D eigenvalue weighted by molar-refractivity contribution is -0.137. The van der Waals surface area contributed by atoms with Crippen LogP contribution in [0.5, 0.6) is 0 Å². The molecule has 1 aromatic heterocycles. The number of fused-ring (bicyclic) bond motifs is 1. The number of para-hydroxylation sites is 1. The van der Waals surface area contributed by atoms with Crippen LogP contribution in [0.4, 0.5) is 0 Å². The van der Waals surface area contributed by atoms with Crippen molar-refractivity contribution < 1.29 is 14.3 Å². The van der Waals surface area contributed by atoms with Crippen molar-refractivity contribution in [3.8, 4) is 0 Å². The molecule has 1 aliphatic rings. The van der Waals surface area contributed by atoms with Crippen molar-refractivity contribution in [2.24, 2.45) is 0 Å². The molecule has 1 saturated heterocycles. The minimum absolute atomic E-state index is 0.0138. The van der Waals surface area contributed by atoms with Gasteiger partial charge in [0.15, 0.2) is 0 Å². The zero-order valence-electron chi connectivity index (χ0n) is 13.8. The van der Waals surface area contributed by atoms with Crippen LogP contribution in [0.15, 0.2) is 30.3 Å². The van der Waals surface area contributed by atoms with Crippen LogP contribution in [-0.4, -0.2) is 53.0 Å². The Bertz CT molecular complexity index is 778. The largest absolute Gasteiger partial charge is 0.468 e. The fourth-order valence-corrected chi connectivity index (χ4v) is 3.93. The molecule has 6 heteroatoms. The van der Waals surface area contributed by atoms with Crippen LogP contribution in [0, 0.1) is 6.92 Å². The number of hydrogen-bond donors (Lipinski definition) is 0. The second-order valence-corrected chi connectivity index (χ2v) is 7.17. The van der Waals surface area contributed by atoms with E-state index in [4.69, 9.17) is 0 Å². The summed E-state index contributed by atoms with van der Waals surface area (Å²) < 4.78 is 4.66. The first-order valence-corrected chi connectivity index (χ1v) is 8.97. The zero-order chi connectivity index (χ0) is 17.1. The molecule has 0 saturated carbocycles. The Hall–Kier alpha value is -2.08. The van der Waals surface area contributed by atoms with Gasteiger partial charge < -0.3 is 9.64 Å². The molecule has 0 bridgehead atoms. The molecule has 0 aliphatic carbocycles. The van der Waals surface area contributed by atoms with Gasteiger partial charge in [-0.15, -0.1) is 11.8 Å². The third kappa shape index (κ3) is 3.53. The molecule has 1 aromatic carbocycles. The van der Waals surface area contributed by atoms with E-state index in [2.05, 4.69) is 9.72 Å². The molecule has 0 spiro atoms. The number of benzene rings is 1. The molecule has 24 heavy (non-hydrogen) atoms. The predicted molar refractivity (Wildman–Crippen MR) is 95.3 cm³/mol. The van der Waals surface area contributed by atoms with Crippen LogP contribution < -0.4 is 0 Å². The molecule has 1 amide bonds. The maximum atomic E-state index is 12.9. The molecular formula is C18H20N2O3S. The van der Waals surface area contributed by atoms with Crippen molar-refractivity contribution >= 4 is 34.5 Å². The summed E-state index contributed by atoms with van der Waals surface area (Å²) in [5.74, 6) is 0.122. The Labute approximate surface area is 145 Å². The molecule has 1 atom stereocenters. The molecule has 2 aromatic rings. The standard InChI is InChI=1S/C18H20N2O3S/c1-12-6-7-13-4-3-5-15(17(13)19-12)18(22)20-9-8-14(10-20)24-11-16(21)23-2/h3-7,14H,8-11H2,1-2H3. The summed E-state index contributed by atoms with van der Waals surface area (Å²) in [6.45, 7) is 3.29. The van der Waals surface area contributed by atoms with Gasteiger partial charge in [-0.3, -0.25) is 14.6 Å². The number of esters is 1. The lowest BCUT2D eigenvalue weighted by atomic mass is 10.1. The van der Waals surface area contributed by atoms with Crippen LogP contribution in [-0.2, 0) is 9.53 Å². The Balaban J connectivity index is 1.74. The topological polar surface area (TPSA) is 59.5 Å². The van der Waals surface area contributed by atoms with Gasteiger partial charge in [-0.2, -0.15) is 0 Å². The normalized spacial score (nSPS) is 17.2. The van der Waals surface area contributed by atoms with Gasteiger partial charge in [0.05, 0.1) is 23.9 Å². The molecule has 1 fully saturated rings. The van der Waals surface area contributed by atoms with E-state index in [1.165, 1.54) is 7.11 Å². The number of carbonyl (C=O) groups is 2. The molecule has 1 aliphatic heterocycles. The van der Waals surface area contributed by atoms with E-state index in [1.807, 2.05) is 42.2 Å². The van der Waals surface area contributed by atoms with Gasteiger partial charge in [0, 0.05) is 29.4 Å². The lowest BCUT2D eigenvalue weighted by Crippen LogP contribution is -2.29. The Morgan fingerprint density at radius 1 is 1.33 bits per heavy atom. The van der Waals surface area contributed by atoms with Gasteiger partial charge in [-0.1, -0.05) is 18.2 Å². The van der Waals surface area contributed by atoms with Gasteiger partial charge in [-0.25, -0.2) is 0 Å². The number of rotatable bonds is 4. The molecule has 0 radical (unpaired) electrons. The maximum Gasteiger partial charge on any atom is 0.315 e. The van der Waals surface area contributed by atoms with Crippen LogP contribution in [0.1, 0.15) is 22.5 Å². The van der Waals surface area contributed by atoms with Crippen LogP contribution in [0.3, 0.4) is 0 Å². The third-order valence-corrected chi connectivity index (χ3v) is 5.45. The summed E-state index contributed by atoms with van der Waals surface area (Å²) >= 11 is 1.56. The van der Waals surface area contributed by atoms with E-state index in [-0.39, 0.29) is 17.1 Å². The fourth-order valence-electron chi connectivity index (χ4n) is 2.88. The van der Waals surface area contributed by atoms with Gasteiger partial charge >= 0.3 is 5.97 Å². The maximum absolute atomic E-state index is 12.9. The van der Waals surface area contributed by atoms with Crippen molar-refractivity contribution in [2.45, 2.75) is 18.6 Å². The van der Waals surface area contributed by atoms with Crippen LogP contribution >= 0.6 is 11.8 Å². The van der Waals surface area contributed by atoms with Gasteiger partial charge in [-0.05, 0) is 25.5 Å². The second kappa shape index (κ2) is 7.21. The smallest absolute Gasteiger partial charge is 0.315 e. The first-order chi connectivity index (χ1) is 11.6. The number of pyridine rings is 1.